The van der Waals surface area contributed by atoms with Crippen LogP contribution in [0.15, 0.2) is 69.9 Å². The third-order valence-electron chi connectivity index (χ3n) is 5.40. The van der Waals surface area contributed by atoms with Crippen molar-refractivity contribution in [1.29, 1.82) is 0 Å². The summed E-state index contributed by atoms with van der Waals surface area (Å²) in [7, 11) is 3.00. The number of non-ortho nitro benzene ring substituents is 1. The summed E-state index contributed by atoms with van der Waals surface area (Å²) in [4.78, 5) is 36.3. The lowest BCUT2D eigenvalue weighted by Crippen LogP contribution is -2.17. The number of Topliss-reactive ketones (excluding diaryl/α,β-unsaturated/α-hetero) is 1. The first kappa shape index (κ1) is 23.5. The summed E-state index contributed by atoms with van der Waals surface area (Å²) in [5.41, 5.74) is 1.40. The fourth-order valence-electron chi connectivity index (χ4n) is 3.57. The van der Waals surface area contributed by atoms with Crippen LogP contribution < -0.4 is 19.6 Å². The number of carbonyl (C=O) groups excluding carboxylic acids is 1. The molecule has 178 valence electrons. The van der Waals surface area contributed by atoms with Crippen molar-refractivity contribution in [2.45, 2.75) is 6.92 Å². The highest BCUT2D eigenvalue weighted by Crippen LogP contribution is 2.37. The van der Waals surface area contributed by atoms with Crippen LogP contribution in [-0.2, 0) is 0 Å². The van der Waals surface area contributed by atoms with Gasteiger partial charge in [0.1, 0.15) is 5.58 Å². The number of fused-ring (bicyclic) bond motifs is 1. The van der Waals surface area contributed by atoms with E-state index in [4.69, 9.17) is 18.6 Å². The van der Waals surface area contributed by atoms with Crippen molar-refractivity contribution < 1.29 is 28.3 Å². The topological polar surface area (TPSA) is 118 Å². The number of carbonyl (C=O) groups is 1. The SMILES string of the molecule is COc1ccc(-c2oc3cc(C)ccc3c(=O)c2OCC(=O)c2ccc([N+](=O)[O-])cc2)cc1OC. The molecule has 0 unspecified atom stereocenters. The maximum absolute atomic E-state index is 13.4. The Kier molecular flexibility index (Phi) is 6.50. The number of methoxy groups -OCH3 is 2. The van der Waals surface area contributed by atoms with E-state index < -0.39 is 22.7 Å². The largest absolute Gasteiger partial charge is 0.493 e. The second-order valence-electron chi connectivity index (χ2n) is 7.67. The van der Waals surface area contributed by atoms with Crippen LogP contribution in [0.2, 0.25) is 0 Å². The lowest BCUT2D eigenvalue weighted by molar-refractivity contribution is -0.384. The quantitative estimate of drug-likeness (QED) is 0.199. The molecule has 4 rings (SSSR count). The Hall–Kier alpha value is -4.66. The van der Waals surface area contributed by atoms with Crippen molar-refractivity contribution in [2.24, 2.45) is 0 Å². The van der Waals surface area contributed by atoms with Gasteiger partial charge >= 0.3 is 0 Å². The van der Waals surface area contributed by atoms with Crippen molar-refractivity contribution in [3.05, 3.63) is 92.1 Å². The molecule has 9 nitrogen and oxygen atoms in total. The van der Waals surface area contributed by atoms with Crippen LogP contribution in [0.4, 0.5) is 5.69 Å². The zero-order valence-electron chi connectivity index (χ0n) is 19.2. The number of hydrogen-bond acceptors (Lipinski definition) is 8. The predicted octanol–water partition coefficient (Wildman–Crippen LogP) is 4.96. The number of aryl methyl sites for hydroxylation is 1. The Morgan fingerprint density at radius 3 is 2.34 bits per heavy atom. The molecule has 0 fully saturated rings. The van der Waals surface area contributed by atoms with Gasteiger partial charge in [0, 0.05) is 23.3 Å². The molecule has 0 N–H and O–H groups in total. The molecule has 0 bridgehead atoms. The Labute approximate surface area is 199 Å². The van der Waals surface area contributed by atoms with E-state index in [0.29, 0.717) is 28.0 Å². The summed E-state index contributed by atoms with van der Waals surface area (Å²) in [6.07, 6.45) is 0. The standard InChI is InChI=1S/C26H21NO8/c1-15-4-10-19-22(12-15)35-25(17-7-11-21(32-2)23(13-17)33-3)26(24(19)29)34-14-20(28)16-5-8-18(9-6-16)27(30)31/h4-13H,14H2,1-3H3. The second kappa shape index (κ2) is 9.68. The van der Waals surface area contributed by atoms with E-state index in [9.17, 15) is 19.7 Å². The molecule has 0 radical (unpaired) electrons. The monoisotopic (exact) mass is 475 g/mol. The van der Waals surface area contributed by atoms with E-state index >= 15 is 0 Å². The summed E-state index contributed by atoms with van der Waals surface area (Å²) in [6, 6.07) is 15.3. The Balaban J connectivity index is 1.76. The Morgan fingerprint density at radius 2 is 1.69 bits per heavy atom. The third kappa shape index (κ3) is 4.70. The Morgan fingerprint density at radius 1 is 0.971 bits per heavy atom. The van der Waals surface area contributed by atoms with Crippen molar-refractivity contribution in [3.8, 4) is 28.6 Å². The van der Waals surface area contributed by atoms with Crippen LogP contribution in [0.5, 0.6) is 17.2 Å². The van der Waals surface area contributed by atoms with Crippen molar-refractivity contribution in [1.82, 2.24) is 0 Å². The van der Waals surface area contributed by atoms with Gasteiger partial charge < -0.3 is 18.6 Å². The molecule has 0 spiro atoms. The van der Waals surface area contributed by atoms with Gasteiger partial charge in [-0.3, -0.25) is 19.7 Å². The molecule has 0 aliphatic carbocycles. The van der Waals surface area contributed by atoms with Crippen molar-refractivity contribution in [3.63, 3.8) is 0 Å². The van der Waals surface area contributed by atoms with Crippen molar-refractivity contribution in [2.75, 3.05) is 20.8 Å². The zero-order chi connectivity index (χ0) is 25.1. The van der Waals surface area contributed by atoms with Crippen LogP contribution in [0.25, 0.3) is 22.3 Å². The summed E-state index contributed by atoms with van der Waals surface area (Å²) >= 11 is 0. The van der Waals surface area contributed by atoms with E-state index in [1.807, 2.05) is 6.92 Å². The zero-order valence-corrected chi connectivity index (χ0v) is 19.2. The predicted molar refractivity (Wildman–Crippen MR) is 129 cm³/mol. The summed E-state index contributed by atoms with van der Waals surface area (Å²) in [5.74, 6) is 0.451. The minimum absolute atomic E-state index is 0.130. The average molecular weight is 475 g/mol. The van der Waals surface area contributed by atoms with Gasteiger partial charge in [0.05, 0.1) is 24.5 Å². The average Bonchev–Trinajstić information content (AvgIpc) is 2.87. The van der Waals surface area contributed by atoms with Crippen LogP contribution in [0.3, 0.4) is 0 Å². The van der Waals surface area contributed by atoms with E-state index in [0.717, 1.165) is 5.56 Å². The summed E-state index contributed by atoms with van der Waals surface area (Å²) in [6.45, 7) is 1.41. The molecule has 9 heteroatoms. The number of ether oxygens (including phenoxy) is 3. The highest BCUT2D eigenvalue weighted by molar-refractivity contribution is 5.97. The molecule has 1 aromatic heterocycles. The number of rotatable bonds is 8. The molecule has 1 heterocycles. The van der Waals surface area contributed by atoms with Crippen molar-refractivity contribution >= 4 is 22.4 Å². The smallest absolute Gasteiger partial charge is 0.269 e. The summed E-state index contributed by atoms with van der Waals surface area (Å²) < 4.78 is 22.5. The molecule has 4 aromatic rings. The van der Waals surface area contributed by atoms with Crippen LogP contribution in [-0.4, -0.2) is 31.5 Å². The molecule has 0 saturated carbocycles. The van der Waals surface area contributed by atoms with Gasteiger partial charge in [0.25, 0.3) is 5.69 Å². The van der Waals surface area contributed by atoms with Crippen LogP contribution in [0, 0.1) is 17.0 Å². The van der Waals surface area contributed by atoms with Gasteiger partial charge in [-0.15, -0.1) is 0 Å². The van der Waals surface area contributed by atoms with Gasteiger partial charge in [-0.2, -0.15) is 0 Å². The second-order valence-corrected chi connectivity index (χ2v) is 7.67. The highest BCUT2D eigenvalue weighted by atomic mass is 16.6. The van der Waals surface area contributed by atoms with E-state index in [1.54, 1.807) is 36.4 Å². The van der Waals surface area contributed by atoms with E-state index in [2.05, 4.69) is 0 Å². The maximum Gasteiger partial charge on any atom is 0.269 e. The number of nitrogens with zero attached hydrogens (tertiary/aromatic N) is 1. The number of hydrogen-bond donors (Lipinski definition) is 0. The molecular weight excluding hydrogens is 454 g/mol. The molecule has 0 atom stereocenters. The van der Waals surface area contributed by atoms with Crippen LogP contribution >= 0.6 is 0 Å². The highest BCUT2D eigenvalue weighted by Gasteiger charge is 2.21. The molecule has 0 amide bonds. The third-order valence-corrected chi connectivity index (χ3v) is 5.40. The normalized spacial score (nSPS) is 10.7. The minimum Gasteiger partial charge on any atom is -0.493 e. The fourth-order valence-corrected chi connectivity index (χ4v) is 3.57. The van der Waals surface area contributed by atoms with Gasteiger partial charge in [-0.25, -0.2) is 0 Å². The number of benzene rings is 3. The first-order valence-electron chi connectivity index (χ1n) is 10.5. The van der Waals surface area contributed by atoms with E-state index in [1.165, 1.54) is 38.5 Å². The number of nitro groups is 1. The number of nitro benzene ring substituents is 1. The van der Waals surface area contributed by atoms with Crippen LogP contribution in [0.1, 0.15) is 15.9 Å². The molecule has 0 aliphatic heterocycles. The van der Waals surface area contributed by atoms with Gasteiger partial charge in [-0.1, -0.05) is 6.07 Å². The maximum atomic E-state index is 13.4. The lowest BCUT2D eigenvalue weighted by atomic mass is 10.1. The number of ketones is 1. The fraction of sp³-hybridized carbons (Fsp3) is 0.154. The molecule has 0 saturated heterocycles. The molecule has 35 heavy (non-hydrogen) atoms. The molecule has 3 aromatic carbocycles. The molecular formula is C26H21NO8. The molecule has 0 aliphatic rings. The minimum atomic E-state index is -0.553. The summed E-state index contributed by atoms with van der Waals surface area (Å²) in [5, 5.41) is 11.2. The van der Waals surface area contributed by atoms with Gasteiger partial charge in [0.15, 0.2) is 29.6 Å². The lowest BCUT2D eigenvalue weighted by Gasteiger charge is -2.13. The first-order valence-corrected chi connectivity index (χ1v) is 10.5. The van der Waals surface area contributed by atoms with E-state index in [-0.39, 0.29) is 22.8 Å². The van der Waals surface area contributed by atoms with Gasteiger partial charge in [-0.05, 0) is 55.0 Å². The Bertz CT molecular complexity index is 1490. The first-order chi connectivity index (χ1) is 16.8. The van der Waals surface area contributed by atoms with Gasteiger partial charge in [0.2, 0.25) is 11.2 Å².